The molecule has 3 nitrogen and oxygen atoms in total. The maximum Gasteiger partial charge on any atom is 0.128 e. The maximum absolute atomic E-state index is 5.97. The molecule has 0 radical (unpaired) electrons. The zero-order valence-corrected chi connectivity index (χ0v) is 13.9. The van der Waals surface area contributed by atoms with Crippen LogP contribution in [0.4, 0.5) is 5.82 Å². The number of aryl methyl sites for hydroxylation is 2. The van der Waals surface area contributed by atoms with Crippen LogP contribution >= 0.6 is 15.9 Å². The molecule has 0 bridgehead atoms. The fraction of sp³-hybridized carbons (Fsp3) is 0.353. The second-order valence-electron chi connectivity index (χ2n) is 5.45. The highest BCUT2D eigenvalue weighted by atomic mass is 79.9. The third-order valence-electron chi connectivity index (χ3n) is 3.96. The first-order valence-electron chi connectivity index (χ1n) is 7.19. The summed E-state index contributed by atoms with van der Waals surface area (Å²) in [7, 11) is 0. The van der Waals surface area contributed by atoms with Crippen molar-refractivity contribution < 1.29 is 4.74 Å². The first-order valence-corrected chi connectivity index (χ1v) is 7.98. The fourth-order valence-corrected chi connectivity index (χ4v) is 2.91. The molecule has 1 aliphatic heterocycles. The topological polar surface area (TPSA) is 25.4 Å². The molecule has 0 saturated carbocycles. The van der Waals surface area contributed by atoms with E-state index in [1.165, 1.54) is 16.7 Å². The van der Waals surface area contributed by atoms with Crippen LogP contribution in [0.1, 0.15) is 22.8 Å². The van der Waals surface area contributed by atoms with Gasteiger partial charge in [-0.25, -0.2) is 4.98 Å². The lowest BCUT2D eigenvalue weighted by atomic mass is 10.0. The summed E-state index contributed by atoms with van der Waals surface area (Å²) in [5, 5.41) is 0. The Hall–Kier alpha value is -1.39. The van der Waals surface area contributed by atoms with Crippen molar-refractivity contribution in [3.05, 3.63) is 57.7 Å². The van der Waals surface area contributed by atoms with E-state index >= 15 is 0 Å². The molecule has 2 heterocycles. The summed E-state index contributed by atoms with van der Waals surface area (Å²) in [4.78, 5) is 6.84. The van der Waals surface area contributed by atoms with Gasteiger partial charge in [-0.1, -0.05) is 24.3 Å². The highest BCUT2D eigenvalue weighted by molar-refractivity contribution is 9.10. The van der Waals surface area contributed by atoms with Gasteiger partial charge < -0.3 is 9.64 Å². The highest BCUT2D eigenvalue weighted by Crippen LogP contribution is 2.28. The third-order valence-corrected chi connectivity index (χ3v) is 4.79. The maximum atomic E-state index is 5.97. The predicted octanol–water partition coefficient (Wildman–Crippen LogP) is 4.04. The SMILES string of the molecule is Cc1cc(N2CCOC(c3ccccc3C)C2)ncc1Br. The lowest BCUT2D eigenvalue weighted by molar-refractivity contribution is 0.0391. The minimum Gasteiger partial charge on any atom is -0.370 e. The van der Waals surface area contributed by atoms with Crippen LogP contribution in [0.3, 0.4) is 0 Å². The molecule has 0 aliphatic carbocycles. The number of ether oxygens (including phenoxy) is 1. The van der Waals surface area contributed by atoms with E-state index in [-0.39, 0.29) is 6.10 Å². The lowest BCUT2D eigenvalue weighted by Crippen LogP contribution is -2.39. The van der Waals surface area contributed by atoms with Gasteiger partial charge in [0.25, 0.3) is 0 Å². The molecule has 0 spiro atoms. The second-order valence-corrected chi connectivity index (χ2v) is 6.31. The van der Waals surface area contributed by atoms with Crippen LogP contribution in [0, 0.1) is 13.8 Å². The molecule has 1 aromatic heterocycles. The minimum atomic E-state index is 0.116. The Morgan fingerprint density at radius 2 is 2.05 bits per heavy atom. The number of anilines is 1. The van der Waals surface area contributed by atoms with E-state index in [4.69, 9.17) is 4.74 Å². The number of rotatable bonds is 2. The van der Waals surface area contributed by atoms with E-state index in [1.807, 2.05) is 6.20 Å². The normalized spacial score (nSPS) is 18.8. The van der Waals surface area contributed by atoms with Crippen molar-refractivity contribution in [2.45, 2.75) is 20.0 Å². The first-order chi connectivity index (χ1) is 10.1. The van der Waals surface area contributed by atoms with Gasteiger partial charge in [-0.05, 0) is 52.5 Å². The standard InChI is InChI=1S/C17H19BrN2O/c1-12-5-3-4-6-14(12)16-11-20(7-8-21-16)17-9-13(2)15(18)10-19-17/h3-6,9-10,16H,7-8,11H2,1-2H3. The van der Waals surface area contributed by atoms with Gasteiger partial charge in [0.05, 0.1) is 6.61 Å². The molecule has 3 rings (SSSR count). The van der Waals surface area contributed by atoms with Crippen LogP contribution in [-0.2, 0) is 4.74 Å². The summed E-state index contributed by atoms with van der Waals surface area (Å²) < 4.78 is 7.02. The summed E-state index contributed by atoms with van der Waals surface area (Å²) in [6.07, 6.45) is 1.99. The molecule has 21 heavy (non-hydrogen) atoms. The molecule has 110 valence electrons. The number of pyridine rings is 1. The molecular formula is C17H19BrN2O. The number of halogens is 1. The van der Waals surface area contributed by atoms with Gasteiger partial charge in [-0.3, -0.25) is 0 Å². The monoisotopic (exact) mass is 346 g/mol. The number of nitrogens with zero attached hydrogens (tertiary/aromatic N) is 2. The van der Waals surface area contributed by atoms with Gasteiger partial charge in [0, 0.05) is 23.8 Å². The van der Waals surface area contributed by atoms with Gasteiger partial charge in [-0.15, -0.1) is 0 Å². The van der Waals surface area contributed by atoms with Crippen LogP contribution in [0.25, 0.3) is 0 Å². The second kappa shape index (κ2) is 6.16. The minimum absolute atomic E-state index is 0.116. The average Bonchev–Trinajstić information content (AvgIpc) is 2.51. The van der Waals surface area contributed by atoms with Crippen molar-refractivity contribution in [2.24, 2.45) is 0 Å². The Morgan fingerprint density at radius 3 is 2.81 bits per heavy atom. The van der Waals surface area contributed by atoms with Gasteiger partial charge in [0.2, 0.25) is 0 Å². The molecular weight excluding hydrogens is 328 g/mol. The Kier molecular flexibility index (Phi) is 4.27. The van der Waals surface area contributed by atoms with Crippen LogP contribution in [0.5, 0.6) is 0 Å². The molecule has 1 atom stereocenters. The van der Waals surface area contributed by atoms with Crippen molar-refractivity contribution in [1.29, 1.82) is 0 Å². The van der Waals surface area contributed by atoms with Crippen molar-refractivity contribution in [2.75, 3.05) is 24.6 Å². The largest absolute Gasteiger partial charge is 0.370 e. The van der Waals surface area contributed by atoms with Crippen molar-refractivity contribution in [3.63, 3.8) is 0 Å². The van der Waals surface area contributed by atoms with Gasteiger partial charge in [-0.2, -0.15) is 0 Å². The Balaban J connectivity index is 1.83. The van der Waals surface area contributed by atoms with Gasteiger partial charge in [0.1, 0.15) is 11.9 Å². The summed E-state index contributed by atoms with van der Waals surface area (Å²) in [5.74, 6) is 1.03. The van der Waals surface area contributed by atoms with Crippen molar-refractivity contribution >= 4 is 21.7 Å². The molecule has 1 aromatic carbocycles. The van der Waals surface area contributed by atoms with E-state index in [0.29, 0.717) is 0 Å². The fourth-order valence-electron chi connectivity index (χ4n) is 2.69. The van der Waals surface area contributed by atoms with Crippen LogP contribution < -0.4 is 4.90 Å². The zero-order chi connectivity index (χ0) is 14.8. The molecule has 1 fully saturated rings. The van der Waals surface area contributed by atoms with E-state index in [2.05, 4.69) is 70.0 Å². The smallest absolute Gasteiger partial charge is 0.128 e. The van der Waals surface area contributed by atoms with Crippen LogP contribution in [0.15, 0.2) is 41.0 Å². The molecule has 0 N–H and O–H groups in total. The molecule has 1 unspecified atom stereocenters. The van der Waals surface area contributed by atoms with Gasteiger partial charge in [0.15, 0.2) is 0 Å². The van der Waals surface area contributed by atoms with Crippen molar-refractivity contribution in [3.8, 4) is 0 Å². The molecule has 0 amide bonds. The summed E-state index contributed by atoms with van der Waals surface area (Å²) in [6.45, 7) is 6.69. The average molecular weight is 347 g/mol. The Morgan fingerprint density at radius 1 is 1.24 bits per heavy atom. The van der Waals surface area contributed by atoms with E-state index < -0.39 is 0 Å². The van der Waals surface area contributed by atoms with E-state index in [0.717, 1.165) is 30.0 Å². The Labute approximate surface area is 134 Å². The number of morpholine rings is 1. The molecule has 4 heteroatoms. The predicted molar refractivity (Wildman–Crippen MR) is 88.8 cm³/mol. The highest BCUT2D eigenvalue weighted by Gasteiger charge is 2.24. The molecule has 2 aromatic rings. The number of hydrogen-bond donors (Lipinski definition) is 0. The summed E-state index contributed by atoms with van der Waals surface area (Å²) in [6, 6.07) is 10.6. The third kappa shape index (κ3) is 3.11. The number of hydrogen-bond acceptors (Lipinski definition) is 3. The number of benzene rings is 1. The van der Waals surface area contributed by atoms with E-state index in [9.17, 15) is 0 Å². The van der Waals surface area contributed by atoms with Crippen molar-refractivity contribution in [1.82, 2.24) is 4.98 Å². The first kappa shape index (κ1) is 14.5. The molecule has 1 aliphatic rings. The number of aromatic nitrogens is 1. The van der Waals surface area contributed by atoms with E-state index in [1.54, 1.807) is 0 Å². The lowest BCUT2D eigenvalue weighted by Gasteiger charge is -2.34. The summed E-state index contributed by atoms with van der Waals surface area (Å²) >= 11 is 3.51. The van der Waals surface area contributed by atoms with Crippen LogP contribution in [0.2, 0.25) is 0 Å². The zero-order valence-electron chi connectivity index (χ0n) is 12.3. The quantitative estimate of drug-likeness (QED) is 0.820. The summed E-state index contributed by atoms with van der Waals surface area (Å²) in [5.41, 5.74) is 3.76. The Bertz CT molecular complexity index is 644. The van der Waals surface area contributed by atoms with Crippen LogP contribution in [-0.4, -0.2) is 24.7 Å². The molecule has 1 saturated heterocycles. The van der Waals surface area contributed by atoms with Gasteiger partial charge >= 0.3 is 0 Å².